The topological polar surface area (TPSA) is 75.6 Å². The lowest BCUT2D eigenvalue weighted by molar-refractivity contribution is -0.149. The van der Waals surface area contributed by atoms with Crippen LogP contribution in [0.3, 0.4) is 0 Å². The average Bonchev–Trinajstić information content (AvgIpc) is 3.13. The summed E-state index contributed by atoms with van der Waals surface area (Å²) in [6.07, 6.45) is 1.95. The number of nitrogens with zero attached hydrogens (tertiary/aromatic N) is 4. The van der Waals surface area contributed by atoms with Crippen molar-refractivity contribution in [1.29, 1.82) is 0 Å². The molecule has 8 nitrogen and oxygen atoms in total. The van der Waals surface area contributed by atoms with Gasteiger partial charge in [0.05, 0.1) is 26.0 Å². The number of aromatic nitrogens is 3. The van der Waals surface area contributed by atoms with Gasteiger partial charge in [-0.3, -0.25) is 14.8 Å². The summed E-state index contributed by atoms with van der Waals surface area (Å²) in [6.45, 7) is 7.84. The van der Waals surface area contributed by atoms with Gasteiger partial charge in [0.15, 0.2) is 5.82 Å². The van der Waals surface area contributed by atoms with E-state index in [2.05, 4.69) is 15.0 Å². The van der Waals surface area contributed by atoms with Crippen molar-refractivity contribution < 1.29 is 14.3 Å². The summed E-state index contributed by atoms with van der Waals surface area (Å²) in [5, 5.41) is 3.31. The summed E-state index contributed by atoms with van der Waals surface area (Å²) < 4.78 is 13.4. The minimum atomic E-state index is 0.0957. The second kappa shape index (κ2) is 9.50. The highest BCUT2D eigenvalue weighted by atomic mass is 32.1. The maximum atomic E-state index is 13.0. The average molecular weight is 446 g/mol. The quantitative estimate of drug-likeness (QED) is 0.714. The molecule has 0 radical (unpaired) electrons. The van der Waals surface area contributed by atoms with Gasteiger partial charge >= 0.3 is 0 Å². The molecule has 4 rings (SSSR count). The van der Waals surface area contributed by atoms with Gasteiger partial charge in [0, 0.05) is 37.7 Å². The Hall–Kier alpha value is -2.23. The number of morpholine rings is 1. The number of benzene rings is 1. The first-order valence-electron chi connectivity index (χ1n) is 10.9. The number of likely N-dealkylation sites (tertiary alicyclic amines) is 1. The molecule has 1 aromatic heterocycles. The molecule has 2 aromatic rings. The third kappa shape index (κ3) is 5.16. The van der Waals surface area contributed by atoms with Gasteiger partial charge in [-0.25, -0.2) is 4.68 Å². The first-order valence-corrected chi connectivity index (χ1v) is 11.3. The highest BCUT2D eigenvalue weighted by Crippen LogP contribution is 2.23. The van der Waals surface area contributed by atoms with Crippen molar-refractivity contribution in [3.8, 4) is 17.1 Å². The molecule has 2 atom stereocenters. The second-order valence-corrected chi connectivity index (χ2v) is 8.91. The van der Waals surface area contributed by atoms with Crippen LogP contribution in [-0.2, 0) is 16.2 Å². The minimum Gasteiger partial charge on any atom is -0.497 e. The Morgan fingerprint density at radius 2 is 1.84 bits per heavy atom. The molecule has 3 heterocycles. The maximum absolute atomic E-state index is 13.0. The van der Waals surface area contributed by atoms with Crippen LogP contribution in [0.5, 0.6) is 5.75 Å². The maximum Gasteiger partial charge on any atom is 0.225 e. The highest BCUT2D eigenvalue weighted by molar-refractivity contribution is 7.71. The van der Waals surface area contributed by atoms with E-state index in [0.717, 1.165) is 43.1 Å². The molecule has 31 heavy (non-hydrogen) atoms. The summed E-state index contributed by atoms with van der Waals surface area (Å²) in [4.78, 5) is 21.8. The van der Waals surface area contributed by atoms with E-state index in [1.54, 1.807) is 7.11 Å². The van der Waals surface area contributed by atoms with Crippen LogP contribution >= 0.6 is 12.2 Å². The van der Waals surface area contributed by atoms with Gasteiger partial charge in [-0.15, -0.1) is 0 Å². The second-order valence-electron chi connectivity index (χ2n) is 8.55. The molecule has 2 fully saturated rings. The molecule has 2 aliphatic rings. The van der Waals surface area contributed by atoms with Crippen molar-refractivity contribution in [2.75, 3.05) is 33.3 Å². The number of hydrogen-bond acceptors (Lipinski definition) is 6. The number of hydrogen-bond donors (Lipinski definition) is 1. The van der Waals surface area contributed by atoms with Crippen molar-refractivity contribution in [1.82, 2.24) is 24.6 Å². The molecule has 0 saturated carbocycles. The van der Waals surface area contributed by atoms with Crippen molar-refractivity contribution in [3.63, 3.8) is 0 Å². The molecule has 1 aromatic carbocycles. The Labute approximate surface area is 188 Å². The lowest BCUT2D eigenvalue weighted by atomic mass is 9.95. The molecule has 168 valence electrons. The molecule has 9 heteroatoms. The largest absolute Gasteiger partial charge is 0.497 e. The Balaban J connectivity index is 1.33. The van der Waals surface area contributed by atoms with E-state index in [1.807, 2.05) is 47.7 Å². The molecule has 0 spiro atoms. The summed E-state index contributed by atoms with van der Waals surface area (Å²) in [5.74, 6) is 1.92. The van der Waals surface area contributed by atoms with Crippen LogP contribution in [0.4, 0.5) is 0 Å². The number of ether oxygens (including phenoxy) is 2. The van der Waals surface area contributed by atoms with Crippen molar-refractivity contribution in [2.24, 2.45) is 5.92 Å². The van der Waals surface area contributed by atoms with E-state index < -0.39 is 0 Å². The lowest BCUT2D eigenvalue weighted by Crippen LogP contribution is -2.51. The van der Waals surface area contributed by atoms with Crippen LogP contribution < -0.4 is 4.74 Å². The Morgan fingerprint density at radius 1 is 1.19 bits per heavy atom. The highest BCUT2D eigenvalue weighted by Gasteiger charge is 2.32. The monoisotopic (exact) mass is 445 g/mol. The van der Waals surface area contributed by atoms with Crippen LogP contribution in [0.1, 0.15) is 26.7 Å². The minimum absolute atomic E-state index is 0.0957. The molecule has 0 aliphatic carbocycles. The molecule has 2 saturated heterocycles. The number of aromatic amines is 1. The summed E-state index contributed by atoms with van der Waals surface area (Å²) >= 11 is 5.46. The summed E-state index contributed by atoms with van der Waals surface area (Å²) in [6, 6.07) is 7.73. The van der Waals surface area contributed by atoms with Crippen LogP contribution in [0.15, 0.2) is 24.3 Å². The Kier molecular flexibility index (Phi) is 6.74. The van der Waals surface area contributed by atoms with Gasteiger partial charge < -0.3 is 14.4 Å². The fourth-order valence-corrected chi connectivity index (χ4v) is 4.66. The zero-order valence-electron chi connectivity index (χ0n) is 18.4. The van der Waals surface area contributed by atoms with E-state index in [4.69, 9.17) is 21.7 Å². The third-order valence-electron chi connectivity index (χ3n) is 6.05. The first-order chi connectivity index (χ1) is 14.9. The summed E-state index contributed by atoms with van der Waals surface area (Å²) in [7, 11) is 1.65. The van der Waals surface area contributed by atoms with Gasteiger partial charge in [0.2, 0.25) is 10.7 Å². The van der Waals surface area contributed by atoms with Crippen LogP contribution in [-0.4, -0.2) is 76.0 Å². The first kappa shape index (κ1) is 22.0. The van der Waals surface area contributed by atoms with E-state index >= 15 is 0 Å². The molecule has 2 aliphatic heterocycles. The third-order valence-corrected chi connectivity index (χ3v) is 6.36. The van der Waals surface area contributed by atoms with Crippen molar-refractivity contribution in [2.45, 2.75) is 45.6 Å². The number of rotatable bonds is 5. The number of amides is 1. The van der Waals surface area contributed by atoms with E-state index in [-0.39, 0.29) is 24.0 Å². The fraction of sp³-hybridized carbons (Fsp3) is 0.591. The molecule has 0 bridgehead atoms. The van der Waals surface area contributed by atoms with Gasteiger partial charge in [-0.05, 0) is 63.2 Å². The molecule has 1 amide bonds. The predicted octanol–water partition coefficient (Wildman–Crippen LogP) is 2.92. The number of carbonyl (C=O) groups excluding carboxylic acids is 1. The van der Waals surface area contributed by atoms with Gasteiger partial charge in [-0.2, -0.15) is 4.98 Å². The fourth-order valence-electron chi connectivity index (χ4n) is 4.47. The van der Waals surface area contributed by atoms with Gasteiger partial charge in [0.1, 0.15) is 5.75 Å². The van der Waals surface area contributed by atoms with Crippen molar-refractivity contribution in [3.05, 3.63) is 29.0 Å². The Bertz CT molecular complexity index is 939. The van der Waals surface area contributed by atoms with Crippen molar-refractivity contribution >= 4 is 18.1 Å². The molecular weight excluding hydrogens is 414 g/mol. The van der Waals surface area contributed by atoms with Crippen LogP contribution in [0.25, 0.3) is 11.4 Å². The number of nitrogens with one attached hydrogen (secondary N) is 1. The Morgan fingerprint density at radius 3 is 2.45 bits per heavy atom. The summed E-state index contributed by atoms with van der Waals surface area (Å²) in [5.41, 5.74) is 0.962. The normalized spacial score (nSPS) is 23.1. The molecular formula is C22H31N5O3S. The van der Waals surface area contributed by atoms with E-state index in [1.165, 1.54) is 0 Å². The lowest BCUT2D eigenvalue weighted by Gasteiger charge is -2.39. The van der Waals surface area contributed by atoms with Crippen LogP contribution in [0.2, 0.25) is 0 Å². The molecule has 0 unspecified atom stereocenters. The smallest absolute Gasteiger partial charge is 0.225 e. The number of carbonyl (C=O) groups is 1. The molecule has 1 N–H and O–H groups in total. The number of H-pyrrole nitrogens is 1. The van der Waals surface area contributed by atoms with Gasteiger partial charge in [-0.1, -0.05) is 0 Å². The zero-order valence-corrected chi connectivity index (χ0v) is 19.2. The van der Waals surface area contributed by atoms with Gasteiger partial charge in [0.25, 0.3) is 0 Å². The standard InChI is InChI=1S/C22H31N5O3S/c1-15-12-26(13-16(2)30-15)21(28)18-8-10-25(11-9-18)14-27-22(31)23-20(24-27)17-4-6-19(29-3)7-5-17/h4-7,15-16,18H,8-14H2,1-3H3,(H,23,24,31)/t15-,16-/m1/s1. The van der Waals surface area contributed by atoms with E-state index in [0.29, 0.717) is 24.5 Å². The van der Waals surface area contributed by atoms with Crippen LogP contribution in [0, 0.1) is 10.7 Å². The number of methoxy groups -OCH3 is 1. The number of piperidine rings is 1. The predicted molar refractivity (Wildman–Crippen MR) is 120 cm³/mol. The zero-order chi connectivity index (χ0) is 22.0. The van der Waals surface area contributed by atoms with E-state index in [9.17, 15) is 4.79 Å². The SMILES string of the molecule is COc1ccc(-c2nc(=S)n(CN3CCC(C(=O)N4C[C@@H](C)O[C@H](C)C4)CC3)[nH]2)cc1.